The lowest BCUT2D eigenvalue weighted by Crippen LogP contribution is -2.04. The zero-order valence-electron chi connectivity index (χ0n) is 11.0. The molecule has 0 radical (unpaired) electrons. The van der Waals surface area contributed by atoms with Gasteiger partial charge in [0.1, 0.15) is 5.52 Å². The molecule has 0 aliphatic rings. The van der Waals surface area contributed by atoms with E-state index >= 15 is 0 Å². The summed E-state index contributed by atoms with van der Waals surface area (Å²) in [5.74, 6) is 0.143. The number of hydrogen-bond acceptors (Lipinski definition) is 3. The maximum atomic E-state index is 12.7. The number of rotatable bonds is 1. The minimum atomic E-state index is -4.40. The number of halogens is 3. The Balaban J connectivity index is 2.15. The highest BCUT2D eigenvalue weighted by Gasteiger charge is 2.30. The molecule has 0 aliphatic carbocycles. The molecule has 6 heteroatoms. The maximum absolute atomic E-state index is 12.7. The van der Waals surface area contributed by atoms with Crippen molar-refractivity contribution in [3.05, 3.63) is 47.5 Å². The zero-order valence-corrected chi connectivity index (χ0v) is 11.0. The molecule has 3 nitrogen and oxygen atoms in total. The van der Waals surface area contributed by atoms with Gasteiger partial charge >= 0.3 is 6.18 Å². The molecule has 3 rings (SSSR count). The number of nitrogen functional groups attached to an aromatic ring is 1. The quantitative estimate of drug-likeness (QED) is 0.676. The molecule has 0 atom stereocenters. The van der Waals surface area contributed by atoms with Crippen LogP contribution >= 0.6 is 0 Å². The van der Waals surface area contributed by atoms with Crippen molar-refractivity contribution in [2.45, 2.75) is 13.1 Å². The molecule has 2 N–H and O–H groups in total. The van der Waals surface area contributed by atoms with Crippen LogP contribution in [0.1, 0.15) is 11.1 Å². The van der Waals surface area contributed by atoms with Crippen molar-refractivity contribution in [3.8, 4) is 11.5 Å². The van der Waals surface area contributed by atoms with Crippen LogP contribution in [0.4, 0.5) is 18.9 Å². The van der Waals surface area contributed by atoms with Crippen LogP contribution in [0.25, 0.3) is 22.6 Å². The lowest BCUT2D eigenvalue weighted by atomic mass is 10.1. The Morgan fingerprint density at radius 3 is 2.62 bits per heavy atom. The van der Waals surface area contributed by atoms with E-state index in [1.54, 1.807) is 19.1 Å². The van der Waals surface area contributed by atoms with E-state index < -0.39 is 11.7 Å². The lowest BCUT2D eigenvalue weighted by molar-refractivity contribution is -0.137. The molecular formula is C15H11F3N2O. The van der Waals surface area contributed by atoms with Gasteiger partial charge in [-0.25, -0.2) is 4.98 Å². The van der Waals surface area contributed by atoms with Crippen molar-refractivity contribution in [2.75, 3.05) is 5.73 Å². The van der Waals surface area contributed by atoms with Crippen molar-refractivity contribution in [1.29, 1.82) is 0 Å². The third-order valence-electron chi connectivity index (χ3n) is 3.13. The zero-order chi connectivity index (χ0) is 15.2. The number of fused-ring (bicyclic) bond motifs is 1. The fourth-order valence-corrected chi connectivity index (χ4v) is 2.18. The van der Waals surface area contributed by atoms with Gasteiger partial charge in [0, 0.05) is 11.3 Å². The average Bonchev–Trinajstić information content (AvgIpc) is 2.82. The molecule has 0 amide bonds. The molecule has 0 spiro atoms. The molecule has 0 fully saturated rings. The van der Waals surface area contributed by atoms with Crippen molar-refractivity contribution >= 4 is 16.8 Å². The topological polar surface area (TPSA) is 52.0 Å². The van der Waals surface area contributed by atoms with Gasteiger partial charge in [-0.2, -0.15) is 13.2 Å². The molecule has 21 heavy (non-hydrogen) atoms. The van der Waals surface area contributed by atoms with Crippen LogP contribution in [0, 0.1) is 6.92 Å². The molecule has 0 saturated heterocycles. The highest BCUT2D eigenvalue weighted by atomic mass is 19.4. The first-order chi connectivity index (χ1) is 9.84. The van der Waals surface area contributed by atoms with Gasteiger partial charge in [-0.05, 0) is 42.8 Å². The predicted molar refractivity (Wildman–Crippen MR) is 73.6 cm³/mol. The summed E-state index contributed by atoms with van der Waals surface area (Å²) in [6, 6.07) is 8.23. The van der Waals surface area contributed by atoms with E-state index in [9.17, 15) is 13.2 Å². The second-order valence-corrected chi connectivity index (χ2v) is 4.78. The number of aryl methyl sites for hydroxylation is 1. The maximum Gasteiger partial charge on any atom is 0.416 e. The SMILES string of the molecule is Cc1cc(N)cc2nc(-c3cccc(C(F)(F)F)c3)oc12. The molecular weight excluding hydrogens is 281 g/mol. The summed E-state index contributed by atoms with van der Waals surface area (Å²) >= 11 is 0. The number of alkyl halides is 3. The third kappa shape index (κ3) is 2.44. The fraction of sp³-hybridized carbons (Fsp3) is 0.133. The summed E-state index contributed by atoms with van der Waals surface area (Å²) in [6.45, 7) is 1.81. The van der Waals surface area contributed by atoms with Gasteiger partial charge in [-0.3, -0.25) is 0 Å². The van der Waals surface area contributed by atoms with Gasteiger partial charge in [0.2, 0.25) is 5.89 Å². The monoisotopic (exact) mass is 292 g/mol. The smallest absolute Gasteiger partial charge is 0.416 e. The molecule has 2 aromatic carbocycles. The molecule has 0 bridgehead atoms. The van der Waals surface area contributed by atoms with Gasteiger partial charge in [0.15, 0.2) is 5.58 Å². The fourth-order valence-electron chi connectivity index (χ4n) is 2.18. The Bertz CT molecular complexity index is 821. The van der Waals surface area contributed by atoms with E-state index in [-0.39, 0.29) is 11.5 Å². The predicted octanol–water partition coefficient (Wildman–Crippen LogP) is 4.40. The van der Waals surface area contributed by atoms with Crippen LogP contribution in [-0.4, -0.2) is 4.98 Å². The van der Waals surface area contributed by atoms with E-state index in [0.717, 1.165) is 17.7 Å². The summed E-state index contributed by atoms with van der Waals surface area (Å²) in [5.41, 5.74) is 7.63. The largest absolute Gasteiger partial charge is 0.436 e. The Morgan fingerprint density at radius 2 is 1.90 bits per heavy atom. The van der Waals surface area contributed by atoms with E-state index in [4.69, 9.17) is 10.2 Å². The van der Waals surface area contributed by atoms with E-state index in [1.165, 1.54) is 12.1 Å². The molecule has 0 aliphatic heterocycles. The minimum absolute atomic E-state index is 0.143. The Kier molecular flexibility index (Phi) is 2.90. The normalized spacial score (nSPS) is 12.0. The molecule has 3 aromatic rings. The van der Waals surface area contributed by atoms with Crippen molar-refractivity contribution < 1.29 is 17.6 Å². The van der Waals surface area contributed by atoms with Crippen LogP contribution in [-0.2, 0) is 6.18 Å². The summed E-state index contributed by atoms with van der Waals surface area (Å²) in [6.07, 6.45) is -4.40. The number of aromatic nitrogens is 1. The number of oxazole rings is 1. The van der Waals surface area contributed by atoms with Gasteiger partial charge in [-0.15, -0.1) is 0 Å². The first-order valence-electron chi connectivity index (χ1n) is 6.19. The molecule has 1 aromatic heterocycles. The van der Waals surface area contributed by atoms with E-state index in [1.807, 2.05) is 0 Å². The second-order valence-electron chi connectivity index (χ2n) is 4.78. The summed E-state index contributed by atoms with van der Waals surface area (Å²) in [4.78, 5) is 4.21. The van der Waals surface area contributed by atoms with Gasteiger partial charge < -0.3 is 10.2 Å². The van der Waals surface area contributed by atoms with Gasteiger partial charge in [0.05, 0.1) is 5.56 Å². The number of nitrogens with zero attached hydrogens (tertiary/aromatic N) is 1. The van der Waals surface area contributed by atoms with Crippen molar-refractivity contribution in [3.63, 3.8) is 0 Å². The molecule has 1 heterocycles. The van der Waals surface area contributed by atoms with Gasteiger partial charge in [-0.1, -0.05) is 6.07 Å². The standard InChI is InChI=1S/C15H11F3N2O/c1-8-5-11(19)7-12-13(8)21-14(20-12)9-3-2-4-10(6-9)15(16,17)18/h2-7H,19H2,1H3. The number of anilines is 1. The van der Waals surface area contributed by atoms with Crippen molar-refractivity contribution in [2.24, 2.45) is 0 Å². The van der Waals surface area contributed by atoms with Crippen LogP contribution in [0.5, 0.6) is 0 Å². The molecule has 108 valence electrons. The highest BCUT2D eigenvalue weighted by Crippen LogP contribution is 2.33. The van der Waals surface area contributed by atoms with E-state index in [2.05, 4.69) is 4.98 Å². The van der Waals surface area contributed by atoms with Crippen molar-refractivity contribution in [1.82, 2.24) is 4.98 Å². The first kappa shape index (κ1) is 13.5. The summed E-state index contributed by atoms with van der Waals surface area (Å²) < 4.78 is 43.8. The highest BCUT2D eigenvalue weighted by molar-refractivity contribution is 5.82. The van der Waals surface area contributed by atoms with Crippen LogP contribution in [0.3, 0.4) is 0 Å². The minimum Gasteiger partial charge on any atom is -0.436 e. The Hall–Kier alpha value is -2.50. The van der Waals surface area contributed by atoms with E-state index in [0.29, 0.717) is 16.8 Å². The van der Waals surface area contributed by atoms with Crippen LogP contribution in [0.15, 0.2) is 40.8 Å². The third-order valence-corrected chi connectivity index (χ3v) is 3.13. The summed E-state index contributed by atoms with van der Waals surface area (Å²) in [5, 5.41) is 0. The Labute approximate surface area is 118 Å². The summed E-state index contributed by atoms with van der Waals surface area (Å²) in [7, 11) is 0. The van der Waals surface area contributed by atoms with Gasteiger partial charge in [0.25, 0.3) is 0 Å². The number of hydrogen-bond donors (Lipinski definition) is 1. The number of nitrogens with two attached hydrogens (primary N) is 1. The van der Waals surface area contributed by atoms with Crippen LogP contribution in [0.2, 0.25) is 0 Å². The molecule has 0 saturated carbocycles. The Morgan fingerprint density at radius 1 is 1.14 bits per heavy atom. The van der Waals surface area contributed by atoms with Crippen LogP contribution < -0.4 is 5.73 Å². The first-order valence-corrected chi connectivity index (χ1v) is 6.19. The lowest BCUT2D eigenvalue weighted by Gasteiger charge is -2.06. The average molecular weight is 292 g/mol. The molecule has 0 unspecified atom stereocenters. The second kappa shape index (κ2) is 4.51. The number of benzene rings is 2.